The van der Waals surface area contributed by atoms with Crippen molar-refractivity contribution in [1.82, 2.24) is 9.78 Å². The molecule has 1 aliphatic rings. The van der Waals surface area contributed by atoms with Crippen molar-refractivity contribution in [3.05, 3.63) is 18.0 Å². The zero-order valence-electron chi connectivity index (χ0n) is 8.78. The normalized spacial score (nSPS) is 22.5. The number of rotatable bonds is 3. The highest BCUT2D eigenvalue weighted by Crippen LogP contribution is 2.14. The summed E-state index contributed by atoms with van der Waals surface area (Å²) >= 11 is 0. The Balaban J connectivity index is 1.89. The molecule has 1 aromatic rings. The molecule has 3 nitrogen and oxygen atoms in total. The maximum atomic E-state index is 5.66. The summed E-state index contributed by atoms with van der Waals surface area (Å²) in [4.78, 5) is 0. The Morgan fingerprint density at radius 1 is 1.57 bits per heavy atom. The predicted molar refractivity (Wildman–Crippen MR) is 55.2 cm³/mol. The minimum atomic E-state index is 0.383. The molecule has 3 heteroatoms. The van der Waals surface area contributed by atoms with E-state index in [0.717, 1.165) is 19.6 Å². The highest BCUT2D eigenvalue weighted by Gasteiger charge is 2.14. The summed E-state index contributed by atoms with van der Waals surface area (Å²) in [7, 11) is 0. The summed E-state index contributed by atoms with van der Waals surface area (Å²) in [5.74, 6) is 0. The third kappa shape index (κ3) is 2.35. The molecular weight excluding hydrogens is 176 g/mol. The number of ether oxygens (including phenoxy) is 1. The van der Waals surface area contributed by atoms with E-state index in [9.17, 15) is 0 Å². The van der Waals surface area contributed by atoms with Crippen molar-refractivity contribution in [2.45, 2.75) is 45.3 Å². The number of aromatic nitrogens is 2. The van der Waals surface area contributed by atoms with Gasteiger partial charge >= 0.3 is 0 Å². The molecule has 0 aliphatic carbocycles. The first kappa shape index (κ1) is 9.71. The second kappa shape index (κ2) is 4.60. The number of hydrogen-bond donors (Lipinski definition) is 0. The lowest BCUT2D eigenvalue weighted by molar-refractivity contribution is 0.00398. The van der Waals surface area contributed by atoms with E-state index in [4.69, 9.17) is 4.74 Å². The molecule has 0 bridgehead atoms. The van der Waals surface area contributed by atoms with Crippen LogP contribution >= 0.6 is 0 Å². The smallest absolute Gasteiger partial charge is 0.0770 e. The van der Waals surface area contributed by atoms with E-state index in [1.54, 1.807) is 0 Å². The van der Waals surface area contributed by atoms with Gasteiger partial charge in [-0.1, -0.05) is 6.92 Å². The summed E-state index contributed by atoms with van der Waals surface area (Å²) in [6.45, 7) is 3.99. The van der Waals surface area contributed by atoms with E-state index in [1.165, 1.54) is 24.8 Å². The Kier molecular flexibility index (Phi) is 3.19. The molecule has 1 fully saturated rings. The van der Waals surface area contributed by atoms with Gasteiger partial charge < -0.3 is 4.74 Å². The topological polar surface area (TPSA) is 27.1 Å². The van der Waals surface area contributed by atoms with Gasteiger partial charge in [-0.3, -0.25) is 4.68 Å². The fraction of sp³-hybridized carbons (Fsp3) is 0.727. The molecule has 0 spiro atoms. The predicted octanol–water partition coefficient (Wildman–Crippen LogP) is 2.01. The fourth-order valence-corrected chi connectivity index (χ4v) is 1.85. The van der Waals surface area contributed by atoms with Crippen LogP contribution in [-0.4, -0.2) is 22.5 Å². The van der Waals surface area contributed by atoms with Crippen molar-refractivity contribution in [2.24, 2.45) is 0 Å². The van der Waals surface area contributed by atoms with Gasteiger partial charge in [0.25, 0.3) is 0 Å². The van der Waals surface area contributed by atoms with Gasteiger partial charge in [0.2, 0.25) is 0 Å². The lowest BCUT2D eigenvalue weighted by atomic mass is 10.1. The summed E-state index contributed by atoms with van der Waals surface area (Å²) in [6.07, 6.45) is 9.21. The van der Waals surface area contributed by atoms with E-state index in [0.29, 0.717) is 6.10 Å². The Morgan fingerprint density at radius 2 is 2.50 bits per heavy atom. The van der Waals surface area contributed by atoms with Gasteiger partial charge in [-0.05, 0) is 31.2 Å². The van der Waals surface area contributed by atoms with Crippen molar-refractivity contribution < 1.29 is 4.74 Å². The molecule has 1 aliphatic heterocycles. The van der Waals surface area contributed by atoms with Crippen molar-refractivity contribution in [3.63, 3.8) is 0 Å². The zero-order valence-corrected chi connectivity index (χ0v) is 8.78. The Labute approximate surface area is 85.1 Å². The van der Waals surface area contributed by atoms with E-state index in [-0.39, 0.29) is 0 Å². The van der Waals surface area contributed by atoms with Crippen LogP contribution in [0.4, 0.5) is 0 Å². The number of hydrogen-bond acceptors (Lipinski definition) is 2. The molecule has 2 rings (SSSR count). The number of aryl methyl sites for hydroxylation is 1. The minimum Gasteiger partial charge on any atom is -0.376 e. The molecule has 1 saturated heterocycles. The third-order valence-corrected chi connectivity index (χ3v) is 2.76. The van der Waals surface area contributed by atoms with E-state index < -0.39 is 0 Å². The highest BCUT2D eigenvalue weighted by molar-refractivity contribution is 5.02. The molecule has 0 saturated carbocycles. The van der Waals surface area contributed by atoms with Gasteiger partial charge in [-0.25, -0.2) is 0 Å². The Hall–Kier alpha value is -0.830. The highest BCUT2D eigenvalue weighted by atomic mass is 16.5. The third-order valence-electron chi connectivity index (χ3n) is 2.76. The maximum Gasteiger partial charge on any atom is 0.0770 e. The average molecular weight is 194 g/mol. The lowest BCUT2D eigenvalue weighted by Gasteiger charge is -2.22. The molecule has 78 valence electrons. The monoisotopic (exact) mass is 194 g/mol. The molecule has 0 radical (unpaired) electrons. The van der Waals surface area contributed by atoms with Crippen LogP contribution in [0.2, 0.25) is 0 Å². The molecule has 0 aromatic carbocycles. The lowest BCUT2D eigenvalue weighted by Crippen LogP contribution is -2.24. The van der Waals surface area contributed by atoms with Gasteiger partial charge in [0.1, 0.15) is 0 Å². The minimum absolute atomic E-state index is 0.383. The van der Waals surface area contributed by atoms with Crippen LogP contribution in [0, 0.1) is 0 Å². The SMILES string of the molecule is CCc1cnn(CC2CCCCO2)c1. The van der Waals surface area contributed by atoms with Crippen LogP contribution in [-0.2, 0) is 17.7 Å². The van der Waals surface area contributed by atoms with Crippen LogP contribution in [0.1, 0.15) is 31.7 Å². The van der Waals surface area contributed by atoms with Crippen LogP contribution in [0.5, 0.6) is 0 Å². The van der Waals surface area contributed by atoms with E-state index in [2.05, 4.69) is 18.2 Å². The maximum absolute atomic E-state index is 5.66. The summed E-state index contributed by atoms with van der Waals surface area (Å²) in [6, 6.07) is 0. The molecular formula is C11H18N2O. The fourth-order valence-electron chi connectivity index (χ4n) is 1.85. The van der Waals surface area contributed by atoms with Crippen molar-refractivity contribution in [2.75, 3.05) is 6.61 Å². The number of nitrogens with zero attached hydrogens (tertiary/aromatic N) is 2. The molecule has 0 amide bonds. The molecule has 14 heavy (non-hydrogen) atoms. The first-order chi connectivity index (χ1) is 6.88. The van der Waals surface area contributed by atoms with Gasteiger partial charge in [-0.2, -0.15) is 5.10 Å². The molecule has 0 N–H and O–H groups in total. The van der Waals surface area contributed by atoms with Crippen molar-refractivity contribution >= 4 is 0 Å². The standard InChI is InChI=1S/C11H18N2O/c1-2-10-7-12-13(8-10)9-11-5-3-4-6-14-11/h7-8,11H,2-6,9H2,1H3. The van der Waals surface area contributed by atoms with Gasteiger partial charge in [0.05, 0.1) is 18.8 Å². The van der Waals surface area contributed by atoms with Gasteiger partial charge in [-0.15, -0.1) is 0 Å². The van der Waals surface area contributed by atoms with Gasteiger partial charge in [0, 0.05) is 12.8 Å². The summed E-state index contributed by atoms with van der Waals surface area (Å²) in [5.41, 5.74) is 1.31. The van der Waals surface area contributed by atoms with Crippen LogP contribution in [0.15, 0.2) is 12.4 Å². The van der Waals surface area contributed by atoms with Crippen LogP contribution in [0.3, 0.4) is 0 Å². The van der Waals surface area contributed by atoms with Crippen molar-refractivity contribution in [3.8, 4) is 0 Å². The quantitative estimate of drug-likeness (QED) is 0.736. The largest absolute Gasteiger partial charge is 0.376 e. The average Bonchev–Trinajstić information content (AvgIpc) is 2.67. The van der Waals surface area contributed by atoms with Crippen LogP contribution in [0.25, 0.3) is 0 Å². The van der Waals surface area contributed by atoms with E-state index >= 15 is 0 Å². The molecule has 1 unspecified atom stereocenters. The Bertz CT molecular complexity index is 277. The second-order valence-corrected chi connectivity index (χ2v) is 3.91. The van der Waals surface area contributed by atoms with Gasteiger partial charge in [0.15, 0.2) is 0 Å². The van der Waals surface area contributed by atoms with E-state index in [1.807, 2.05) is 10.9 Å². The van der Waals surface area contributed by atoms with Crippen LogP contribution < -0.4 is 0 Å². The summed E-state index contributed by atoms with van der Waals surface area (Å²) < 4.78 is 7.67. The molecule has 2 heterocycles. The second-order valence-electron chi connectivity index (χ2n) is 3.91. The zero-order chi connectivity index (χ0) is 9.80. The Morgan fingerprint density at radius 3 is 3.14 bits per heavy atom. The molecule has 1 atom stereocenters. The first-order valence-electron chi connectivity index (χ1n) is 5.51. The van der Waals surface area contributed by atoms with Crippen molar-refractivity contribution in [1.29, 1.82) is 0 Å². The first-order valence-corrected chi connectivity index (χ1v) is 5.51. The molecule has 1 aromatic heterocycles. The summed E-state index contributed by atoms with van der Waals surface area (Å²) in [5, 5.41) is 4.32.